The van der Waals surface area contributed by atoms with Gasteiger partial charge in [0.15, 0.2) is 0 Å². The Bertz CT molecular complexity index is 710. The van der Waals surface area contributed by atoms with Gasteiger partial charge in [-0.15, -0.1) is 0 Å². The maximum atomic E-state index is 12.8. The molecule has 2 aromatic rings. The lowest BCUT2D eigenvalue weighted by atomic mass is 9.83. The van der Waals surface area contributed by atoms with Crippen LogP contribution in [0.4, 0.5) is 0 Å². The van der Waals surface area contributed by atoms with Crippen molar-refractivity contribution in [3.8, 4) is 0 Å². The second-order valence-electron chi connectivity index (χ2n) is 8.07. The Labute approximate surface area is 162 Å². The summed E-state index contributed by atoms with van der Waals surface area (Å²) in [5.41, 5.74) is 1.18. The Hall–Kier alpha value is -2.07. The molecule has 2 aliphatic rings. The fourth-order valence-electron chi connectivity index (χ4n) is 4.93. The summed E-state index contributed by atoms with van der Waals surface area (Å²) in [6.07, 6.45) is 11.1. The molecule has 3 atom stereocenters. The highest BCUT2D eigenvalue weighted by molar-refractivity contribution is 5.76. The number of aromatic nitrogens is 1. The molecule has 1 aromatic carbocycles. The first-order valence-corrected chi connectivity index (χ1v) is 10.5. The number of piperidine rings is 2. The monoisotopic (exact) mass is 365 g/mol. The number of fused-ring (bicyclic) bond motifs is 1. The molecule has 0 radical (unpaired) electrons. The fraction of sp³-hybridized carbons (Fsp3) is 0.522. The van der Waals surface area contributed by atoms with Gasteiger partial charge in [0.25, 0.3) is 0 Å². The van der Waals surface area contributed by atoms with E-state index in [0.29, 0.717) is 18.4 Å². The topological polar surface area (TPSA) is 37.3 Å². The quantitative estimate of drug-likeness (QED) is 0.844. The van der Waals surface area contributed by atoms with E-state index in [4.69, 9.17) is 0 Å². The molecule has 1 aromatic heterocycles. The summed E-state index contributed by atoms with van der Waals surface area (Å²) < 4.78 is 2.14. The first kappa shape index (κ1) is 18.3. The van der Waals surface area contributed by atoms with Crippen LogP contribution < -0.4 is 5.32 Å². The average Bonchev–Trinajstić information content (AvgIpc) is 3.25. The molecule has 4 nitrogen and oxygen atoms in total. The number of nitrogens with zero attached hydrogens (tertiary/aromatic N) is 2. The SMILES string of the molecule is O=C(C[C@H](c1ccccc1)n1cccc1)NC[C@@H]1CCCN2CCCC[C@H]12. The lowest BCUT2D eigenvalue weighted by Crippen LogP contribution is -2.51. The molecule has 27 heavy (non-hydrogen) atoms. The second-order valence-corrected chi connectivity index (χ2v) is 8.07. The molecule has 1 N–H and O–H groups in total. The lowest BCUT2D eigenvalue weighted by molar-refractivity contribution is -0.122. The van der Waals surface area contributed by atoms with Gasteiger partial charge in [0.05, 0.1) is 12.5 Å². The molecule has 4 heteroatoms. The van der Waals surface area contributed by atoms with Gasteiger partial charge in [0.1, 0.15) is 0 Å². The zero-order valence-corrected chi connectivity index (χ0v) is 16.1. The van der Waals surface area contributed by atoms with Gasteiger partial charge in [0.2, 0.25) is 5.91 Å². The van der Waals surface area contributed by atoms with Crippen LogP contribution in [0, 0.1) is 5.92 Å². The minimum absolute atomic E-state index is 0.0544. The van der Waals surface area contributed by atoms with Crippen molar-refractivity contribution in [2.45, 2.75) is 50.6 Å². The van der Waals surface area contributed by atoms with E-state index in [0.717, 1.165) is 6.54 Å². The predicted octanol–water partition coefficient (Wildman–Crippen LogP) is 3.85. The number of carbonyl (C=O) groups excluding carboxylic acids is 1. The van der Waals surface area contributed by atoms with Crippen LogP contribution in [0.1, 0.15) is 50.1 Å². The Morgan fingerprint density at radius 3 is 2.59 bits per heavy atom. The second kappa shape index (κ2) is 8.75. The van der Waals surface area contributed by atoms with Crippen molar-refractivity contribution in [3.63, 3.8) is 0 Å². The van der Waals surface area contributed by atoms with Gasteiger partial charge in [-0.25, -0.2) is 0 Å². The van der Waals surface area contributed by atoms with Gasteiger partial charge < -0.3 is 14.8 Å². The van der Waals surface area contributed by atoms with Crippen molar-refractivity contribution >= 4 is 5.91 Å². The molecular formula is C23H31N3O. The van der Waals surface area contributed by atoms with Crippen LogP contribution >= 0.6 is 0 Å². The van der Waals surface area contributed by atoms with Gasteiger partial charge in [-0.05, 0) is 62.4 Å². The number of benzene rings is 1. The van der Waals surface area contributed by atoms with Crippen LogP contribution in [0.25, 0.3) is 0 Å². The number of hydrogen-bond donors (Lipinski definition) is 1. The molecule has 0 spiro atoms. The van der Waals surface area contributed by atoms with Crippen molar-refractivity contribution in [2.24, 2.45) is 5.92 Å². The van der Waals surface area contributed by atoms with Crippen LogP contribution in [0.3, 0.4) is 0 Å². The van der Waals surface area contributed by atoms with E-state index >= 15 is 0 Å². The molecule has 2 fully saturated rings. The summed E-state index contributed by atoms with van der Waals surface area (Å²) in [7, 11) is 0. The first-order valence-electron chi connectivity index (χ1n) is 10.5. The third-order valence-electron chi connectivity index (χ3n) is 6.34. The Balaban J connectivity index is 1.37. The molecule has 2 aliphatic heterocycles. The molecular weight excluding hydrogens is 334 g/mol. The molecule has 0 saturated carbocycles. The molecule has 0 unspecified atom stereocenters. The molecule has 144 valence electrons. The minimum atomic E-state index is 0.0544. The summed E-state index contributed by atoms with van der Waals surface area (Å²) in [6, 6.07) is 15.1. The molecule has 2 saturated heterocycles. The van der Waals surface area contributed by atoms with E-state index in [9.17, 15) is 4.79 Å². The zero-order valence-electron chi connectivity index (χ0n) is 16.1. The van der Waals surface area contributed by atoms with Crippen LogP contribution in [-0.4, -0.2) is 41.1 Å². The Morgan fingerprint density at radius 1 is 1.00 bits per heavy atom. The average molecular weight is 366 g/mol. The Kier molecular flexibility index (Phi) is 5.93. The minimum Gasteiger partial charge on any atom is -0.356 e. The number of rotatable bonds is 6. The molecule has 3 heterocycles. The molecule has 0 aliphatic carbocycles. The summed E-state index contributed by atoms with van der Waals surface area (Å²) >= 11 is 0. The third-order valence-corrected chi connectivity index (χ3v) is 6.34. The number of nitrogens with one attached hydrogen (secondary N) is 1. The summed E-state index contributed by atoms with van der Waals surface area (Å²) in [6.45, 7) is 3.32. The van der Waals surface area contributed by atoms with Crippen LogP contribution in [0.2, 0.25) is 0 Å². The molecule has 0 bridgehead atoms. The highest BCUT2D eigenvalue weighted by Gasteiger charge is 2.33. The maximum absolute atomic E-state index is 12.8. The first-order chi connectivity index (χ1) is 13.3. The van der Waals surface area contributed by atoms with Crippen LogP contribution in [0.5, 0.6) is 0 Å². The maximum Gasteiger partial charge on any atom is 0.222 e. The van der Waals surface area contributed by atoms with Crippen molar-refractivity contribution in [1.29, 1.82) is 0 Å². The smallest absolute Gasteiger partial charge is 0.222 e. The van der Waals surface area contributed by atoms with Gasteiger partial charge in [-0.1, -0.05) is 36.8 Å². The number of carbonyl (C=O) groups is 1. The standard InChI is InChI=1S/C23H31N3O/c27-23(24-18-20-11-8-16-25-13-5-4-12-21(20)25)17-22(26-14-6-7-15-26)19-9-2-1-3-10-19/h1-3,6-7,9-10,14-15,20-22H,4-5,8,11-13,16-18H2,(H,24,27)/t20-,21+,22+/m0/s1. The lowest BCUT2D eigenvalue weighted by Gasteiger charge is -2.44. The van der Waals surface area contributed by atoms with Gasteiger partial charge in [0, 0.05) is 25.0 Å². The van der Waals surface area contributed by atoms with Gasteiger partial charge in [-0.2, -0.15) is 0 Å². The summed E-state index contributed by atoms with van der Waals surface area (Å²) in [5, 5.41) is 3.27. The zero-order chi connectivity index (χ0) is 18.5. The van der Waals surface area contributed by atoms with E-state index in [-0.39, 0.29) is 11.9 Å². The van der Waals surface area contributed by atoms with Crippen molar-refractivity contribution in [1.82, 2.24) is 14.8 Å². The van der Waals surface area contributed by atoms with E-state index < -0.39 is 0 Å². The van der Waals surface area contributed by atoms with Crippen LogP contribution in [-0.2, 0) is 4.79 Å². The fourth-order valence-corrected chi connectivity index (χ4v) is 4.93. The normalized spacial score (nSPS) is 24.1. The highest BCUT2D eigenvalue weighted by Crippen LogP contribution is 2.30. The molecule has 4 rings (SSSR count). The predicted molar refractivity (Wildman–Crippen MR) is 109 cm³/mol. The molecule has 1 amide bonds. The van der Waals surface area contributed by atoms with Crippen LogP contribution in [0.15, 0.2) is 54.9 Å². The van der Waals surface area contributed by atoms with Gasteiger partial charge >= 0.3 is 0 Å². The highest BCUT2D eigenvalue weighted by atomic mass is 16.1. The van der Waals surface area contributed by atoms with Crippen molar-refractivity contribution in [2.75, 3.05) is 19.6 Å². The third kappa shape index (κ3) is 4.44. The van der Waals surface area contributed by atoms with E-state index in [2.05, 4.69) is 26.9 Å². The van der Waals surface area contributed by atoms with E-state index in [1.54, 1.807) is 0 Å². The number of hydrogen-bond acceptors (Lipinski definition) is 2. The summed E-state index contributed by atoms with van der Waals surface area (Å²) in [4.78, 5) is 15.4. The van der Waals surface area contributed by atoms with E-state index in [1.165, 1.54) is 50.8 Å². The van der Waals surface area contributed by atoms with E-state index in [1.807, 2.05) is 42.7 Å². The largest absolute Gasteiger partial charge is 0.356 e. The summed E-state index contributed by atoms with van der Waals surface area (Å²) in [5.74, 6) is 0.773. The number of amides is 1. The van der Waals surface area contributed by atoms with Gasteiger partial charge in [-0.3, -0.25) is 4.79 Å². The van der Waals surface area contributed by atoms with Crippen molar-refractivity contribution < 1.29 is 4.79 Å². The Morgan fingerprint density at radius 2 is 1.78 bits per heavy atom. The van der Waals surface area contributed by atoms with Crippen molar-refractivity contribution in [3.05, 3.63) is 60.4 Å².